The van der Waals surface area contributed by atoms with E-state index in [9.17, 15) is 14.0 Å². The highest BCUT2D eigenvalue weighted by molar-refractivity contribution is 5.78. The van der Waals surface area contributed by atoms with Gasteiger partial charge in [-0.25, -0.2) is 9.37 Å². The Kier molecular flexibility index (Phi) is 5.32. The zero-order valence-corrected chi connectivity index (χ0v) is 14.6. The van der Waals surface area contributed by atoms with Crippen molar-refractivity contribution in [1.82, 2.24) is 19.8 Å². The van der Waals surface area contributed by atoms with Gasteiger partial charge in [0.1, 0.15) is 5.82 Å². The number of carbonyl (C=O) groups excluding carboxylic acids is 1. The molecule has 7 nitrogen and oxygen atoms in total. The first kappa shape index (κ1) is 18.1. The SMILES string of the molecule is CN(Cc1ccccc1F)C(=O)CN1CCC(c2cc(=O)[nH]c(N)n2)C1. The standard InChI is InChI=1S/C18H22FN5O2/c1-23(9-12-4-2-3-5-14(12)19)17(26)11-24-7-6-13(10-24)15-8-16(25)22-18(20)21-15/h2-5,8,13H,6-7,9-11H2,1H3,(H3,20,21,22,25). The molecule has 1 aliphatic heterocycles. The largest absolute Gasteiger partial charge is 0.369 e. The summed E-state index contributed by atoms with van der Waals surface area (Å²) >= 11 is 0. The van der Waals surface area contributed by atoms with Gasteiger partial charge >= 0.3 is 0 Å². The van der Waals surface area contributed by atoms with Crippen molar-refractivity contribution in [1.29, 1.82) is 0 Å². The number of aromatic nitrogens is 2. The number of aromatic amines is 1. The summed E-state index contributed by atoms with van der Waals surface area (Å²) in [7, 11) is 1.67. The molecule has 0 bridgehead atoms. The van der Waals surface area contributed by atoms with Crippen molar-refractivity contribution in [3.63, 3.8) is 0 Å². The topological polar surface area (TPSA) is 95.3 Å². The Morgan fingerprint density at radius 3 is 2.96 bits per heavy atom. The lowest BCUT2D eigenvalue weighted by molar-refractivity contribution is -0.131. The zero-order valence-electron chi connectivity index (χ0n) is 14.6. The number of halogens is 1. The molecule has 1 aromatic carbocycles. The number of nitrogens with zero attached hydrogens (tertiary/aromatic N) is 3. The van der Waals surface area contributed by atoms with E-state index in [0.717, 1.165) is 13.0 Å². The molecule has 0 saturated carbocycles. The summed E-state index contributed by atoms with van der Waals surface area (Å²) in [6, 6.07) is 7.90. The highest BCUT2D eigenvalue weighted by atomic mass is 19.1. The molecule has 1 aromatic heterocycles. The number of amides is 1. The van der Waals surface area contributed by atoms with Gasteiger partial charge in [0.15, 0.2) is 0 Å². The normalized spacial score (nSPS) is 17.4. The maximum Gasteiger partial charge on any atom is 0.252 e. The second kappa shape index (κ2) is 7.65. The molecule has 1 fully saturated rings. The van der Waals surface area contributed by atoms with Crippen molar-refractivity contribution in [2.75, 3.05) is 32.4 Å². The van der Waals surface area contributed by atoms with Gasteiger partial charge in [-0.15, -0.1) is 0 Å². The fourth-order valence-electron chi connectivity index (χ4n) is 3.21. The Bertz CT molecular complexity index is 853. The van der Waals surface area contributed by atoms with E-state index in [1.807, 2.05) is 4.90 Å². The minimum absolute atomic E-state index is 0.0734. The van der Waals surface area contributed by atoms with Crippen molar-refractivity contribution >= 4 is 11.9 Å². The lowest BCUT2D eigenvalue weighted by Crippen LogP contribution is -2.37. The van der Waals surface area contributed by atoms with Crippen LogP contribution in [0, 0.1) is 5.82 Å². The van der Waals surface area contributed by atoms with Crippen LogP contribution in [0.2, 0.25) is 0 Å². The number of likely N-dealkylation sites (N-methyl/N-ethyl adjacent to an activating group) is 1. The Morgan fingerprint density at radius 2 is 2.23 bits per heavy atom. The first-order valence-corrected chi connectivity index (χ1v) is 8.49. The molecule has 1 saturated heterocycles. The smallest absolute Gasteiger partial charge is 0.252 e. The lowest BCUT2D eigenvalue weighted by atomic mass is 10.1. The maximum atomic E-state index is 13.7. The summed E-state index contributed by atoms with van der Waals surface area (Å²) in [6.45, 7) is 1.85. The van der Waals surface area contributed by atoms with E-state index in [2.05, 4.69) is 9.97 Å². The first-order valence-electron chi connectivity index (χ1n) is 8.49. The molecule has 0 aliphatic carbocycles. The summed E-state index contributed by atoms with van der Waals surface area (Å²) in [6.07, 6.45) is 0.806. The van der Waals surface area contributed by atoms with E-state index < -0.39 is 0 Å². The maximum absolute atomic E-state index is 13.7. The average molecular weight is 359 g/mol. The highest BCUT2D eigenvalue weighted by Gasteiger charge is 2.27. The van der Waals surface area contributed by atoms with E-state index >= 15 is 0 Å². The van der Waals surface area contributed by atoms with E-state index in [-0.39, 0.29) is 42.2 Å². The van der Waals surface area contributed by atoms with E-state index in [1.54, 1.807) is 25.2 Å². The summed E-state index contributed by atoms with van der Waals surface area (Å²) < 4.78 is 13.7. The monoisotopic (exact) mass is 359 g/mol. The molecule has 3 N–H and O–H groups in total. The third-order valence-corrected chi connectivity index (χ3v) is 4.62. The van der Waals surface area contributed by atoms with Gasteiger partial charge in [-0.2, -0.15) is 0 Å². The third-order valence-electron chi connectivity index (χ3n) is 4.62. The predicted octanol–water partition coefficient (Wildman–Crippen LogP) is 0.939. The van der Waals surface area contributed by atoms with Crippen molar-refractivity contribution < 1.29 is 9.18 Å². The van der Waals surface area contributed by atoms with Crippen LogP contribution in [0.4, 0.5) is 10.3 Å². The number of likely N-dealkylation sites (tertiary alicyclic amines) is 1. The third kappa shape index (κ3) is 4.26. The lowest BCUT2D eigenvalue weighted by Gasteiger charge is -2.22. The molecule has 0 spiro atoms. The fraction of sp³-hybridized carbons (Fsp3) is 0.389. The summed E-state index contributed by atoms with van der Waals surface area (Å²) in [4.78, 5) is 34.1. The van der Waals surface area contributed by atoms with Crippen LogP contribution in [0.1, 0.15) is 23.6 Å². The van der Waals surface area contributed by atoms with Gasteiger partial charge in [-0.1, -0.05) is 18.2 Å². The van der Waals surface area contributed by atoms with Crippen LogP contribution in [0.15, 0.2) is 35.1 Å². The molecular formula is C18H22FN5O2. The molecule has 2 aromatic rings. The molecule has 1 unspecified atom stereocenters. The number of benzene rings is 1. The van der Waals surface area contributed by atoms with E-state index in [0.29, 0.717) is 17.8 Å². The number of nitrogen functional groups attached to an aromatic ring is 1. The molecule has 1 atom stereocenters. The van der Waals surface area contributed by atoms with Crippen LogP contribution in [0.3, 0.4) is 0 Å². The van der Waals surface area contributed by atoms with Crippen molar-refractivity contribution in [3.8, 4) is 0 Å². The van der Waals surface area contributed by atoms with Crippen LogP contribution in [-0.2, 0) is 11.3 Å². The number of anilines is 1. The second-order valence-electron chi connectivity index (χ2n) is 6.62. The molecule has 3 rings (SSSR count). The van der Waals surface area contributed by atoms with Crippen LogP contribution in [0.25, 0.3) is 0 Å². The van der Waals surface area contributed by atoms with Crippen molar-refractivity contribution in [2.45, 2.75) is 18.9 Å². The Balaban J connectivity index is 1.57. The molecule has 8 heteroatoms. The number of hydrogen-bond donors (Lipinski definition) is 2. The predicted molar refractivity (Wildman–Crippen MR) is 95.9 cm³/mol. The average Bonchev–Trinajstić information content (AvgIpc) is 3.04. The molecule has 1 aliphatic rings. The van der Waals surface area contributed by atoms with Gasteiger partial charge in [0, 0.05) is 37.7 Å². The van der Waals surface area contributed by atoms with Gasteiger partial charge in [-0.3, -0.25) is 19.5 Å². The Morgan fingerprint density at radius 1 is 1.46 bits per heavy atom. The highest BCUT2D eigenvalue weighted by Crippen LogP contribution is 2.25. The van der Waals surface area contributed by atoms with Crippen LogP contribution in [0.5, 0.6) is 0 Å². The van der Waals surface area contributed by atoms with Crippen LogP contribution in [-0.4, -0.2) is 52.4 Å². The summed E-state index contributed by atoms with van der Waals surface area (Å²) in [5.74, 6) is -0.213. The number of nitrogens with one attached hydrogen (secondary N) is 1. The second-order valence-corrected chi connectivity index (χ2v) is 6.62. The number of hydrogen-bond acceptors (Lipinski definition) is 5. The van der Waals surface area contributed by atoms with Crippen molar-refractivity contribution in [3.05, 3.63) is 57.8 Å². The number of nitrogens with two attached hydrogens (primary N) is 1. The molecule has 138 valence electrons. The van der Waals surface area contributed by atoms with Gasteiger partial charge in [0.05, 0.1) is 12.2 Å². The zero-order chi connectivity index (χ0) is 18.7. The number of rotatable bonds is 5. The van der Waals surface area contributed by atoms with Crippen molar-refractivity contribution in [2.24, 2.45) is 0 Å². The van der Waals surface area contributed by atoms with Crippen LogP contribution >= 0.6 is 0 Å². The van der Waals surface area contributed by atoms with Gasteiger partial charge < -0.3 is 10.6 Å². The van der Waals surface area contributed by atoms with Gasteiger partial charge in [0.2, 0.25) is 11.9 Å². The Hall–Kier alpha value is -2.74. The quantitative estimate of drug-likeness (QED) is 0.828. The first-order chi connectivity index (χ1) is 12.4. The molecular weight excluding hydrogens is 337 g/mol. The minimum Gasteiger partial charge on any atom is -0.369 e. The fourth-order valence-corrected chi connectivity index (χ4v) is 3.21. The van der Waals surface area contributed by atoms with E-state index in [4.69, 9.17) is 5.73 Å². The van der Waals surface area contributed by atoms with E-state index in [1.165, 1.54) is 17.0 Å². The number of carbonyl (C=O) groups is 1. The van der Waals surface area contributed by atoms with Gasteiger partial charge in [-0.05, 0) is 19.0 Å². The summed E-state index contributed by atoms with van der Waals surface area (Å²) in [5.41, 5.74) is 6.47. The van der Waals surface area contributed by atoms with Gasteiger partial charge in [0.25, 0.3) is 5.56 Å². The molecule has 0 radical (unpaired) electrons. The minimum atomic E-state index is -0.314. The van der Waals surface area contributed by atoms with Crippen LogP contribution < -0.4 is 11.3 Å². The summed E-state index contributed by atoms with van der Waals surface area (Å²) in [5, 5.41) is 0. The molecule has 26 heavy (non-hydrogen) atoms. The molecule has 2 heterocycles. The number of H-pyrrole nitrogens is 1. The Labute approximate surface area is 150 Å². The molecule has 1 amide bonds.